The molecule has 0 amide bonds. The summed E-state index contributed by atoms with van der Waals surface area (Å²) in [5, 5.41) is 4.39. The van der Waals surface area contributed by atoms with Crippen LogP contribution >= 0.6 is 0 Å². The van der Waals surface area contributed by atoms with Gasteiger partial charge in [0.2, 0.25) is 0 Å². The van der Waals surface area contributed by atoms with E-state index in [9.17, 15) is 4.79 Å². The third-order valence-electron chi connectivity index (χ3n) is 4.23. The van der Waals surface area contributed by atoms with Crippen molar-refractivity contribution < 1.29 is 4.74 Å². The van der Waals surface area contributed by atoms with Crippen LogP contribution in [0.15, 0.2) is 29.6 Å². The van der Waals surface area contributed by atoms with Crippen molar-refractivity contribution in [2.45, 2.75) is 45.4 Å². The van der Waals surface area contributed by atoms with Gasteiger partial charge in [-0.25, -0.2) is 4.98 Å². The van der Waals surface area contributed by atoms with Crippen LogP contribution in [0.25, 0.3) is 0 Å². The van der Waals surface area contributed by atoms with Crippen LogP contribution in [0.1, 0.15) is 31.0 Å². The largest absolute Gasteiger partial charge is 0.376 e. The number of ether oxygens (including phenoxy) is 1. The Morgan fingerprint density at radius 2 is 2.38 bits per heavy atom. The molecule has 7 heteroatoms. The Morgan fingerprint density at radius 3 is 3.21 bits per heavy atom. The smallest absolute Gasteiger partial charge is 0.250 e. The second kappa shape index (κ2) is 8.21. The minimum Gasteiger partial charge on any atom is -0.376 e. The molecule has 130 valence electrons. The van der Waals surface area contributed by atoms with Crippen molar-refractivity contribution >= 4 is 0 Å². The zero-order chi connectivity index (χ0) is 16.8. The van der Waals surface area contributed by atoms with Crippen LogP contribution in [0, 0.1) is 0 Å². The fourth-order valence-electron chi connectivity index (χ4n) is 3.05. The number of aromatic nitrogens is 4. The van der Waals surface area contributed by atoms with Gasteiger partial charge in [-0.05, 0) is 19.3 Å². The quantitative estimate of drug-likeness (QED) is 0.825. The average molecular weight is 331 g/mol. The SMILES string of the molecule is CCCn1cc(CN2CCOC(CCc3cc(=O)[nH]cn3)C2)cn1. The summed E-state index contributed by atoms with van der Waals surface area (Å²) in [4.78, 5) is 20.4. The maximum atomic E-state index is 11.3. The number of nitrogens with one attached hydrogen (secondary N) is 1. The zero-order valence-electron chi connectivity index (χ0n) is 14.1. The second-order valence-corrected chi connectivity index (χ2v) is 6.28. The molecular weight excluding hydrogens is 306 g/mol. The van der Waals surface area contributed by atoms with Gasteiger partial charge in [-0.1, -0.05) is 6.92 Å². The third-order valence-corrected chi connectivity index (χ3v) is 4.23. The van der Waals surface area contributed by atoms with Crippen LogP contribution < -0.4 is 5.56 Å². The fraction of sp³-hybridized carbons (Fsp3) is 0.588. The Kier molecular flexibility index (Phi) is 5.77. The predicted molar refractivity (Wildman–Crippen MR) is 90.7 cm³/mol. The van der Waals surface area contributed by atoms with Gasteiger partial charge in [-0.15, -0.1) is 0 Å². The summed E-state index contributed by atoms with van der Waals surface area (Å²) < 4.78 is 7.87. The van der Waals surface area contributed by atoms with Gasteiger partial charge in [0.05, 0.1) is 25.2 Å². The molecule has 2 aromatic heterocycles. The molecule has 1 saturated heterocycles. The number of aryl methyl sites for hydroxylation is 2. The Balaban J connectivity index is 1.49. The van der Waals surface area contributed by atoms with E-state index in [1.165, 1.54) is 11.9 Å². The minimum atomic E-state index is -0.102. The van der Waals surface area contributed by atoms with Gasteiger partial charge in [0.1, 0.15) is 0 Å². The van der Waals surface area contributed by atoms with Crippen molar-refractivity contribution in [2.75, 3.05) is 19.7 Å². The normalized spacial score (nSPS) is 18.8. The molecule has 7 nitrogen and oxygen atoms in total. The maximum absolute atomic E-state index is 11.3. The molecule has 1 atom stereocenters. The first-order chi connectivity index (χ1) is 11.7. The van der Waals surface area contributed by atoms with Crippen molar-refractivity contribution in [1.82, 2.24) is 24.6 Å². The van der Waals surface area contributed by atoms with E-state index in [0.29, 0.717) is 0 Å². The fourth-order valence-corrected chi connectivity index (χ4v) is 3.05. The molecule has 3 rings (SSSR count). The highest BCUT2D eigenvalue weighted by Gasteiger charge is 2.21. The lowest BCUT2D eigenvalue weighted by Gasteiger charge is -2.32. The predicted octanol–water partition coefficient (Wildman–Crippen LogP) is 1.21. The van der Waals surface area contributed by atoms with Gasteiger partial charge in [0, 0.05) is 49.7 Å². The lowest BCUT2D eigenvalue weighted by atomic mass is 10.1. The van der Waals surface area contributed by atoms with Crippen LogP contribution in [0.2, 0.25) is 0 Å². The van der Waals surface area contributed by atoms with Crippen molar-refractivity contribution in [3.63, 3.8) is 0 Å². The number of morpholine rings is 1. The second-order valence-electron chi connectivity index (χ2n) is 6.28. The van der Waals surface area contributed by atoms with E-state index in [1.54, 1.807) is 6.07 Å². The van der Waals surface area contributed by atoms with Crippen molar-refractivity contribution in [3.8, 4) is 0 Å². The summed E-state index contributed by atoms with van der Waals surface area (Å²) in [6.07, 6.45) is 8.47. The van der Waals surface area contributed by atoms with Crippen LogP contribution in [0.4, 0.5) is 0 Å². The Bertz CT molecular complexity index is 696. The van der Waals surface area contributed by atoms with Crippen LogP contribution in [0.3, 0.4) is 0 Å². The number of rotatable bonds is 7. The number of H-pyrrole nitrogens is 1. The summed E-state index contributed by atoms with van der Waals surface area (Å²) in [6.45, 7) is 6.63. The molecular formula is C17H25N5O2. The van der Waals surface area contributed by atoms with Crippen molar-refractivity contribution in [3.05, 3.63) is 46.4 Å². The first kappa shape index (κ1) is 16.9. The highest BCUT2D eigenvalue weighted by Crippen LogP contribution is 2.14. The lowest BCUT2D eigenvalue weighted by Crippen LogP contribution is -2.42. The van der Waals surface area contributed by atoms with Gasteiger partial charge in [-0.2, -0.15) is 5.10 Å². The molecule has 1 aliphatic heterocycles. The summed E-state index contributed by atoms with van der Waals surface area (Å²) in [7, 11) is 0. The molecule has 0 spiro atoms. The van der Waals surface area contributed by atoms with E-state index < -0.39 is 0 Å². The van der Waals surface area contributed by atoms with E-state index in [4.69, 9.17) is 4.74 Å². The molecule has 0 aliphatic carbocycles. The topological polar surface area (TPSA) is 76.0 Å². The third kappa shape index (κ3) is 4.75. The summed E-state index contributed by atoms with van der Waals surface area (Å²) in [5.74, 6) is 0. The number of nitrogens with zero attached hydrogens (tertiary/aromatic N) is 4. The van der Waals surface area contributed by atoms with Gasteiger partial charge in [-0.3, -0.25) is 14.4 Å². The van der Waals surface area contributed by atoms with E-state index in [1.807, 2.05) is 10.9 Å². The molecule has 24 heavy (non-hydrogen) atoms. The first-order valence-electron chi connectivity index (χ1n) is 8.62. The maximum Gasteiger partial charge on any atom is 0.250 e. The molecule has 1 aliphatic rings. The summed E-state index contributed by atoms with van der Waals surface area (Å²) >= 11 is 0. The Morgan fingerprint density at radius 1 is 1.46 bits per heavy atom. The van der Waals surface area contributed by atoms with Gasteiger partial charge in [0.25, 0.3) is 5.56 Å². The monoisotopic (exact) mass is 331 g/mol. The van der Waals surface area contributed by atoms with E-state index in [0.717, 1.165) is 57.7 Å². The van der Waals surface area contributed by atoms with Crippen molar-refractivity contribution in [2.24, 2.45) is 0 Å². The minimum absolute atomic E-state index is 0.102. The highest BCUT2D eigenvalue weighted by atomic mass is 16.5. The zero-order valence-corrected chi connectivity index (χ0v) is 14.1. The molecule has 0 aromatic carbocycles. The van der Waals surface area contributed by atoms with Gasteiger partial charge >= 0.3 is 0 Å². The molecule has 0 saturated carbocycles. The van der Waals surface area contributed by atoms with Crippen LogP contribution in [0.5, 0.6) is 0 Å². The molecule has 1 fully saturated rings. The summed E-state index contributed by atoms with van der Waals surface area (Å²) in [5.41, 5.74) is 1.97. The standard InChI is InChI=1S/C17H25N5O2/c1-2-5-22-11-14(9-20-22)10-21-6-7-24-16(12-21)4-3-15-8-17(23)19-13-18-15/h8-9,11,13,16H,2-7,10,12H2,1H3,(H,18,19,23). The molecule has 3 heterocycles. The number of hydrogen-bond acceptors (Lipinski definition) is 5. The van der Waals surface area contributed by atoms with Gasteiger partial charge < -0.3 is 9.72 Å². The Labute approximate surface area is 141 Å². The first-order valence-corrected chi connectivity index (χ1v) is 8.62. The van der Waals surface area contributed by atoms with E-state index in [2.05, 4.69) is 33.1 Å². The van der Waals surface area contributed by atoms with Crippen LogP contribution in [-0.2, 0) is 24.2 Å². The molecule has 0 radical (unpaired) electrons. The molecule has 0 bridgehead atoms. The van der Waals surface area contributed by atoms with Gasteiger partial charge in [0.15, 0.2) is 0 Å². The molecule has 2 aromatic rings. The number of hydrogen-bond donors (Lipinski definition) is 1. The molecule has 1 unspecified atom stereocenters. The average Bonchev–Trinajstić information content (AvgIpc) is 3.01. The van der Waals surface area contributed by atoms with Crippen molar-refractivity contribution in [1.29, 1.82) is 0 Å². The van der Waals surface area contributed by atoms with E-state index >= 15 is 0 Å². The van der Waals surface area contributed by atoms with E-state index in [-0.39, 0.29) is 11.7 Å². The number of aromatic amines is 1. The van der Waals surface area contributed by atoms with Crippen LogP contribution in [-0.4, -0.2) is 50.4 Å². The summed E-state index contributed by atoms with van der Waals surface area (Å²) in [6, 6.07) is 1.56. The lowest BCUT2D eigenvalue weighted by molar-refractivity contribution is -0.0346. The highest BCUT2D eigenvalue weighted by molar-refractivity contribution is 5.04. The Hall–Kier alpha value is -1.99. The molecule has 1 N–H and O–H groups in total.